The van der Waals surface area contributed by atoms with E-state index < -0.39 is 11.2 Å². The van der Waals surface area contributed by atoms with Crippen molar-refractivity contribution in [2.75, 3.05) is 11.1 Å². The zero-order chi connectivity index (χ0) is 13.8. The number of para-hydroxylation sites is 1. The second kappa shape index (κ2) is 6.03. The number of carbonyl (C=O) groups excluding carboxylic acids is 1. The average molecular weight is 296 g/mol. The number of aliphatic carboxylic acids is 1. The first-order chi connectivity index (χ1) is 9.06. The summed E-state index contributed by atoms with van der Waals surface area (Å²) in [5.41, 5.74) is 0.842. The maximum absolute atomic E-state index is 11.7. The van der Waals surface area contributed by atoms with Crippen molar-refractivity contribution in [2.45, 2.75) is 12.2 Å². The van der Waals surface area contributed by atoms with Crippen LogP contribution in [-0.4, -0.2) is 33.0 Å². The van der Waals surface area contributed by atoms with Gasteiger partial charge in [-0.1, -0.05) is 23.5 Å². The van der Waals surface area contributed by atoms with E-state index in [1.54, 1.807) is 6.92 Å². The molecule has 1 heterocycles. The molecule has 0 aliphatic carbocycles. The first-order valence-corrected chi connectivity index (χ1v) is 7.42. The molecule has 1 aromatic heterocycles. The molecule has 0 spiro atoms. The number of nitrogens with one attached hydrogen (secondary N) is 1. The van der Waals surface area contributed by atoms with Crippen LogP contribution < -0.4 is 5.32 Å². The van der Waals surface area contributed by atoms with Crippen LogP contribution in [0, 0.1) is 0 Å². The van der Waals surface area contributed by atoms with Gasteiger partial charge in [-0.2, -0.15) is 0 Å². The molecule has 0 aliphatic heterocycles. The lowest BCUT2D eigenvalue weighted by molar-refractivity contribution is -0.136. The fourth-order valence-corrected chi connectivity index (χ4v) is 2.85. The second-order valence-corrected chi connectivity index (χ2v) is 6.19. The molecule has 1 unspecified atom stereocenters. The van der Waals surface area contributed by atoms with E-state index in [0.717, 1.165) is 22.0 Å². The number of carboxylic acids is 1. The van der Waals surface area contributed by atoms with Gasteiger partial charge in [-0.05, 0) is 19.1 Å². The molecule has 0 saturated heterocycles. The zero-order valence-electron chi connectivity index (χ0n) is 10.1. The molecule has 100 valence electrons. The summed E-state index contributed by atoms with van der Waals surface area (Å²) in [6, 6.07) is 7.61. The SMILES string of the molecule is CC(SCC(=O)Nc1nc2ccccc2s1)C(=O)O. The molecule has 5 nitrogen and oxygen atoms in total. The van der Waals surface area contributed by atoms with Gasteiger partial charge in [-0.25, -0.2) is 4.98 Å². The van der Waals surface area contributed by atoms with E-state index in [0.29, 0.717) is 5.13 Å². The minimum atomic E-state index is -0.919. The number of hydrogen-bond acceptors (Lipinski definition) is 5. The Kier molecular flexibility index (Phi) is 4.39. The molecule has 19 heavy (non-hydrogen) atoms. The van der Waals surface area contributed by atoms with Crippen LogP contribution in [0.3, 0.4) is 0 Å². The fraction of sp³-hybridized carbons (Fsp3) is 0.250. The number of fused-ring (bicyclic) bond motifs is 1. The van der Waals surface area contributed by atoms with Gasteiger partial charge in [0.2, 0.25) is 5.91 Å². The van der Waals surface area contributed by atoms with E-state index in [2.05, 4.69) is 10.3 Å². The first kappa shape index (κ1) is 13.8. The molecule has 1 atom stereocenters. The highest BCUT2D eigenvalue weighted by Gasteiger charge is 2.14. The van der Waals surface area contributed by atoms with Gasteiger partial charge in [0.05, 0.1) is 21.2 Å². The number of carbonyl (C=O) groups is 2. The molecule has 0 radical (unpaired) electrons. The Morgan fingerprint density at radius 2 is 2.21 bits per heavy atom. The lowest BCUT2D eigenvalue weighted by Crippen LogP contribution is -2.19. The van der Waals surface area contributed by atoms with Crippen LogP contribution in [0.5, 0.6) is 0 Å². The van der Waals surface area contributed by atoms with Crippen molar-refractivity contribution in [2.24, 2.45) is 0 Å². The van der Waals surface area contributed by atoms with Gasteiger partial charge in [0.25, 0.3) is 0 Å². The van der Waals surface area contributed by atoms with E-state index in [-0.39, 0.29) is 11.7 Å². The highest BCUT2D eigenvalue weighted by molar-refractivity contribution is 8.01. The number of hydrogen-bond donors (Lipinski definition) is 2. The molecule has 0 bridgehead atoms. The van der Waals surface area contributed by atoms with E-state index in [9.17, 15) is 9.59 Å². The maximum atomic E-state index is 11.7. The highest BCUT2D eigenvalue weighted by atomic mass is 32.2. The highest BCUT2D eigenvalue weighted by Crippen LogP contribution is 2.25. The molecule has 1 aromatic carbocycles. The van der Waals surface area contributed by atoms with Crippen molar-refractivity contribution in [1.82, 2.24) is 4.98 Å². The molecule has 2 N–H and O–H groups in total. The van der Waals surface area contributed by atoms with Gasteiger partial charge < -0.3 is 10.4 Å². The van der Waals surface area contributed by atoms with Gasteiger partial charge in [0.15, 0.2) is 5.13 Å². The molecule has 0 saturated carbocycles. The topological polar surface area (TPSA) is 79.3 Å². The Balaban J connectivity index is 1.93. The van der Waals surface area contributed by atoms with Crippen LogP contribution in [0.25, 0.3) is 10.2 Å². The van der Waals surface area contributed by atoms with Crippen molar-refractivity contribution in [1.29, 1.82) is 0 Å². The van der Waals surface area contributed by atoms with Crippen molar-refractivity contribution in [3.63, 3.8) is 0 Å². The first-order valence-electron chi connectivity index (χ1n) is 5.56. The van der Waals surface area contributed by atoms with Crippen LogP contribution in [-0.2, 0) is 9.59 Å². The summed E-state index contributed by atoms with van der Waals surface area (Å²) in [5.74, 6) is -1.06. The Hall–Kier alpha value is -1.60. The smallest absolute Gasteiger partial charge is 0.316 e. The third-order valence-electron chi connectivity index (χ3n) is 2.35. The lowest BCUT2D eigenvalue weighted by Gasteiger charge is -2.05. The molecular formula is C12H12N2O3S2. The fourth-order valence-electron chi connectivity index (χ4n) is 1.35. The van der Waals surface area contributed by atoms with Crippen LogP contribution in [0.1, 0.15) is 6.92 Å². The van der Waals surface area contributed by atoms with Gasteiger partial charge in [0, 0.05) is 0 Å². The molecule has 1 amide bonds. The summed E-state index contributed by atoms with van der Waals surface area (Å²) >= 11 is 2.48. The molecule has 2 rings (SSSR count). The van der Waals surface area contributed by atoms with Crippen LogP contribution in [0.4, 0.5) is 5.13 Å². The molecular weight excluding hydrogens is 284 g/mol. The number of thioether (sulfide) groups is 1. The average Bonchev–Trinajstić information content (AvgIpc) is 2.77. The predicted molar refractivity (Wildman–Crippen MR) is 77.8 cm³/mol. The van der Waals surface area contributed by atoms with Gasteiger partial charge in [0.1, 0.15) is 0 Å². The van der Waals surface area contributed by atoms with Crippen molar-refractivity contribution in [3.05, 3.63) is 24.3 Å². The van der Waals surface area contributed by atoms with Gasteiger partial charge >= 0.3 is 5.97 Å². The lowest BCUT2D eigenvalue weighted by atomic mass is 10.3. The summed E-state index contributed by atoms with van der Waals surface area (Å²) < 4.78 is 1.00. The van der Waals surface area contributed by atoms with Gasteiger partial charge in [-0.15, -0.1) is 11.8 Å². The molecule has 0 fully saturated rings. The standard InChI is InChI=1S/C12H12N2O3S2/c1-7(11(16)17)18-6-10(15)14-12-13-8-4-2-3-5-9(8)19-12/h2-5,7H,6H2,1H3,(H,16,17)(H,13,14,15). The number of nitrogens with zero attached hydrogens (tertiary/aromatic N) is 1. The summed E-state index contributed by atoms with van der Waals surface area (Å²) in [4.78, 5) is 26.6. The Bertz CT molecular complexity index is 579. The summed E-state index contributed by atoms with van der Waals surface area (Å²) in [6.45, 7) is 1.55. The Labute approximate surface area is 118 Å². The number of carboxylic acid groups (broad SMARTS) is 1. The van der Waals surface area contributed by atoms with E-state index in [1.807, 2.05) is 24.3 Å². The van der Waals surface area contributed by atoms with E-state index in [4.69, 9.17) is 5.11 Å². The van der Waals surface area contributed by atoms with Crippen molar-refractivity contribution < 1.29 is 14.7 Å². The van der Waals surface area contributed by atoms with Gasteiger partial charge in [-0.3, -0.25) is 9.59 Å². The number of benzene rings is 1. The minimum Gasteiger partial charge on any atom is -0.480 e. The van der Waals surface area contributed by atoms with E-state index >= 15 is 0 Å². The largest absolute Gasteiger partial charge is 0.480 e. The third-order valence-corrected chi connectivity index (χ3v) is 4.43. The minimum absolute atomic E-state index is 0.101. The monoisotopic (exact) mass is 296 g/mol. The normalized spacial score (nSPS) is 12.3. The quantitative estimate of drug-likeness (QED) is 0.886. The zero-order valence-corrected chi connectivity index (χ0v) is 11.8. The molecule has 0 aliphatic rings. The summed E-state index contributed by atoms with van der Waals surface area (Å²) in [6.07, 6.45) is 0. The summed E-state index contributed by atoms with van der Waals surface area (Å²) in [7, 11) is 0. The second-order valence-electron chi connectivity index (χ2n) is 3.83. The Morgan fingerprint density at radius 1 is 1.47 bits per heavy atom. The number of anilines is 1. The number of aromatic nitrogens is 1. The number of rotatable bonds is 5. The maximum Gasteiger partial charge on any atom is 0.316 e. The Morgan fingerprint density at radius 3 is 2.89 bits per heavy atom. The van der Waals surface area contributed by atoms with Crippen LogP contribution in [0.2, 0.25) is 0 Å². The van der Waals surface area contributed by atoms with Crippen LogP contribution in [0.15, 0.2) is 24.3 Å². The number of amides is 1. The number of thiazole rings is 1. The van der Waals surface area contributed by atoms with Crippen LogP contribution >= 0.6 is 23.1 Å². The molecule has 2 aromatic rings. The summed E-state index contributed by atoms with van der Waals surface area (Å²) in [5, 5.41) is 11.3. The van der Waals surface area contributed by atoms with Crippen molar-refractivity contribution in [3.8, 4) is 0 Å². The third kappa shape index (κ3) is 3.68. The van der Waals surface area contributed by atoms with E-state index in [1.165, 1.54) is 11.3 Å². The predicted octanol–water partition coefficient (Wildman–Crippen LogP) is 2.44. The molecule has 7 heteroatoms. The van der Waals surface area contributed by atoms with Crippen molar-refractivity contribution >= 4 is 50.3 Å².